The first-order chi connectivity index (χ1) is 15.7. The lowest BCUT2D eigenvalue weighted by Gasteiger charge is -2.30. The van der Waals surface area contributed by atoms with Crippen molar-refractivity contribution in [2.75, 3.05) is 23.7 Å². The molecule has 0 aromatic carbocycles. The highest BCUT2D eigenvalue weighted by atomic mass is 16.6. The van der Waals surface area contributed by atoms with E-state index in [1.807, 2.05) is 20.8 Å². The molecule has 2 aliphatic carbocycles. The van der Waals surface area contributed by atoms with Crippen LogP contribution in [0.25, 0.3) is 0 Å². The van der Waals surface area contributed by atoms with Gasteiger partial charge in [-0.25, -0.2) is 9.78 Å². The fraction of sp³-hybridized carbons (Fsp3) is 0.783. The zero-order valence-electron chi connectivity index (χ0n) is 20.1. The Balaban J connectivity index is 1.48. The van der Waals surface area contributed by atoms with E-state index < -0.39 is 10.5 Å². The first-order valence-corrected chi connectivity index (χ1v) is 12.2. The molecule has 0 radical (unpaired) electrons. The van der Waals surface area contributed by atoms with Gasteiger partial charge < -0.3 is 20.7 Å². The molecule has 1 heterocycles. The Morgan fingerprint density at radius 1 is 1.06 bits per heavy atom. The van der Waals surface area contributed by atoms with E-state index in [0.717, 1.165) is 32.2 Å². The molecule has 1 amide bonds. The first-order valence-electron chi connectivity index (χ1n) is 12.2. The van der Waals surface area contributed by atoms with E-state index in [-0.39, 0.29) is 23.6 Å². The van der Waals surface area contributed by atoms with Crippen molar-refractivity contribution in [2.45, 2.75) is 90.2 Å². The second kappa shape index (κ2) is 11.5. The summed E-state index contributed by atoms with van der Waals surface area (Å²) < 4.78 is 5.33. The van der Waals surface area contributed by atoms with Gasteiger partial charge in [-0.1, -0.05) is 19.3 Å². The van der Waals surface area contributed by atoms with E-state index in [9.17, 15) is 14.9 Å². The van der Waals surface area contributed by atoms with Crippen molar-refractivity contribution < 1.29 is 14.5 Å². The lowest BCUT2D eigenvalue weighted by molar-refractivity contribution is -0.384. The maximum absolute atomic E-state index is 12.0. The molecule has 33 heavy (non-hydrogen) atoms. The van der Waals surface area contributed by atoms with E-state index in [2.05, 4.69) is 25.9 Å². The quantitative estimate of drug-likeness (QED) is 0.368. The standard InChI is InChI=1S/C23H38N6O4/c1-23(2,3)33-22(30)27-18-11-9-17(10-12-18)13-24-20-19(29(31)32)15-26-21(28-20)25-14-16-7-5-4-6-8-16/h15-18H,4-14H2,1-3H3,(H,27,30)(H2,24,25,26,28). The van der Waals surface area contributed by atoms with Crippen molar-refractivity contribution in [1.82, 2.24) is 15.3 Å². The van der Waals surface area contributed by atoms with Gasteiger partial charge in [-0.2, -0.15) is 4.98 Å². The second-order valence-electron chi connectivity index (χ2n) is 10.3. The number of amides is 1. The van der Waals surface area contributed by atoms with Crippen LogP contribution in [0.3, 0.4) is 0 Å². The van der Waals surface area contributed by atoms with Crippen molar-refractivity contribution in [3.05, 3.63) is 16.3 Å². The second-order valence-corrected chi connectivity index (χ2v) is 10.3. The molecule has 3 N–H and O–H groups in total. The van der Waals surface area contributed by atoms with E-state index in [0.29, 0.717) is 24.3 Å². The number of hydrogen-bond acceptors (Lipinski definition) is 8. The lowest BCUT2D eigenvalue weighted by atomic mass is 9.86. The average molecular weight is 463 g/mol. The van der Waals surface area contributed by atoms with Gasteiger partial charge in [0, 0.05) is 19.1 Å². The summed E-state index contributed by atoms with van der Waals surface area (Å²) in [7, 11) is 0. The van der Waals surface area contributed by atoms with Gasteiger partial charge in [-0.15, -0.1) is 0 Å². The molecule has 3 rings (SSSR count). The summed E-state index contributed by atoms with van der Waals surface area (Å²) in [4.78, 5) is 31.5. The number of alkyl carbamates (subject to hydrolysis) is 1. The minimum absolute atomic E-state index is 0.0973. The van der Waals surface area contributed by atoms with Gasteiger partial charge in [0.05, 0.1) is 4.92 Å². The third-order valence-corrected chi connectivity index (χ3v) is 6.37. The molecule has 2 saturated carbocycles. The SMILES string of the molecule is CC(C)(C)OC(=O)NC1CCC(CNc2nc(NCC3CCCCC3)ncc2[N+](=O)[O-])CC1. The number of carbonyl (C=O) groups excluding carboxylic acids is 1. The van der Waals surface area contributed by atoms with E-state index in [4.69, 9.17) is 4.74 Å². The minimum Gasteiger partial charge on any atom is -0.444 e. The number of nitro groups is 1. The van der Waals surface area contributed by atoms with Crippen LogP contribution >= 0.6 is 0 Å². The minimum atomic E-state index is -0.512. The van der Waals surface area contributed by atoms with Gasteiger partial charge in [0.2, 0.25) is 11.8 Å². The molecule has 10 nitrogen and oxygen atoms in total. The summed E-state index contributed by atoms with van der Waals surface area (Å²) in [5, 5.41) is 20.8. The van der Waals surface area contributed by atoms with Gasteiger partial charge >= 0.3 is 11.8 Å². The Morgan fingerprint density at radius 3 is 2.33 bits per heavy atom. The number of aromatic nitrogens is 2. The van der Waals surface area contributed by atoms with Crippen molar-refractivity contribution in [2.24, 2.45) is 11.8 Å². The van der Waals surface area contributed by atoms with Crippen molar-refractivity contribution in [3.63, 3.8) is 0 Å². The Kier molecular flexibility index (Phi) is 8.68. The molecule has 0 unspecified atom stereocenters. The highest BCUT2D eigenvalue weighted by Crippen LogP contribution is 2.28. The van der Waals surface area contributed by atoms with Crippen LogP contribution < -0.4 is 16.0 Å². The summed E-state index contributed by atoms with van der Waals surface area (Å²) in [5.74, 6) is 1.66. The summed E-state index contributed by atoms with van der Waals surface area (Å²) in [6.07, 6.45) is 10.7. The van der Waals surface area contributed by atoms with Crippen molar-refractivity contribution in [3.8, 4) is 0 Å². The maximum atomic E-state index is 12.0. The molecule has 0 spiro atoms. The number of ether oxygens (including phenoxy) is 1. The summed E-state index contributed by atoms with van der Waals surface area (Å²) >= 11 is 0. The fourth-order valence-electron chi connectivity index (χ4n) is 4.58. The third kappa shape index (κ3) is 8.33. The van der Waals surface area contributed by atoms with Gasteiger partial charge in [0.1, 0.15) is 11.8 Å². The normalized spacial score (nSPS) is 21.8. The topological polar surface area (TPSA) is 131 Å². The largest absolute Gasteiger partial charge is 0.444 e. The Morgan fingerprint density at radius 2 is 1.70 bits per heavy atom. The summed E-state index contributed by atoms with van der Waals surface area (Å²) in [6.45, 7) is 6.93. The Bertz CT molecular complexity index is 799. The predicted octanol–water partition coefficient (Wildman–Crippen LogP) is 4.87. The van der Waals surface area contributed by atoms with Crippen LogP contribution in [0.15, 0.2) is 6.20 Å². The van der Waals surface area contributed by atoms with Crippen LogP contribution in [0.2, 0.25) is 0 Å². The number of hydrogen-bond donors (Lipinski definition) is 3. The summed E-state index contributed by atoms with van der Waals surface area (Å²) in [6, 6.07) is 0.0973. The van der Waals surface area contributed by atoms with Crippen LogP contribution in [0, 0.1) is 22.0 Å². The lowest BCUT2D eigenvalue weighted by Crippen LogP contribution is -2.41. The average Bonchev–Trinajstić information content (AvgIpc) is 2.76. The van der Waals surface area contributed by atoms with E-state index in [1.165, 1.54) is 38.3 Å². The molecule has 1 aromatic heterocycles. The van der Waals surface area contributed by atoms with Crippen LogP contribution in [0.5, 0.6) is 0 Å². The number of anilines is 2. The molecule has 2 fully saturated rings. The smallest absolute Gasteiger partial charge is 0.407 e. The molecular weight excluding hydrogens is 424 g/mol. The summed E-state index contributed by atoms with van der Waals surface area (Å²) in [5.41, 5.74) is -0.625. The zero-order valence-corrected chi connectivity index (χ0v) is 20.1. The fourth-order valence-corrected chi connectivity index (χ4v) is 4.58. The van der Waals surface area contributed by atoms with Gasteiger partial charge in [0.25, 0.3) is 0 Å². The predicted molar refractivity (Wildman–Crippen MR) is 127 cm³/mol. The number of nitrogens with zero attached hydrogens (tertiary/aromatic N) is 3. The molecule has 10 heteroatoms. The van der Waals surface area contributed by atoms with Crippen LogP contribution in [0.4, 0.5) is 22.2 Å². The Labute approximate surface area is 195 Å². The molecule has 0 aliphatic heterocycles. The number of rotatable bonds is 8. The zero-order chi connectivity index (χ0) is 23.8. The first kappa shape index (κ1) is 25.0. The highest BCUT2D eigenvalue weighted by Gasteiger charge is 2.26. The van der Waals surface area contributed by atoms with Crippen LogP contribution in [-0.2, 0) is 4.74 Å². The van der Waals surface area contributed by atoms with E-state index >= 15 is 0 Å². The van der Waals surface area contributed by atoms with E-state index in [1.54, 1.807) is 0 Å². The van der Waals surface area contributed by atoms with Gasteiger partial charge in [-0.3, -0.25) is 10.1 Å². The number of nitrogens with one attached hydrogen (secondary N) is 3. The maximum Gasteiger partial charge on any atom is 0.407 e. The molecular formula is C23H38N6O4. The monoisotopic (exact) mass is 462 g/mol. The molecule has 184 valence electrons. The Hall–Kier alpha value is -2.65. The van der Waals surface area contributed by atoms with Gasteiger partial charge in [0.15, 0.2) is 0 Å². The number of carbonyl (C=O) groups is 1. The van der Waals surface area contributed by atoms with Crippen molar-refractivity contribution in [1.29, 1.82) is 0 Å². The molecule has 0 bridgehead atoms. The van der Waals surface area contributed by atoms with Crippen molar-refractivity contribution >= 4 is 23.5 Å². The third-order valence-electron chi connectivity index (χ3n) is 6.37. The van der Waals surface area contributed by atoms with Crippen LogP contribution in [-0.4, -0.2) is 45.7 Å². The molecule has 0 atom stereocenters. The van der Waals surface area contributed by atoms with Crippen LogP contribution in [0.1, 0.15) is 78.6 Å². The molecule has 0 saturated heterocycles. The van der Waals surface area contributed by atoms with Gasteiger partial charge in [-0.05, 0) is 71.1 Å². The highest BCUT2D eigenvalue weighted by molar-refractivity contribution is 5.68. The molecule has 2 aliphatic rings. The molecule has 1 aromatic rings.